The molecule has 2 aromatic carbocycles. The van der Waals surface area contributed by atoms with E-state index in [1.165, 1.54) is 22.9 Å². The van der Waals surface area contributed by atoms with Crippen LogP contribution in [0.5, 0.6) is 5.75 Å². The van der Waals surface area contributed by atoms with Crippen molar-refractivity contribution in [1.82, 2.24) is 20.2 Å². The first kappa shape index (κ1) is 28.4. The molecule has 2 aromatic heterocycles. The number of nitrogens with one attached hydrogen (secondary N) is 1. The second-order valence-electron chi connectivity index (χ2n) is 9.30. The predicted octanol–water partition coefficient (Wildman–Crippen LogP) is 7.00. The molecule has 15 heteroatoms. The standard InChI is InChI=1S/C26H23BrF3N5O6/c1-14(38-25(37)39-18-5-3-2-4-6-18)35-23(32-33-34-35)22-11-15-7-8-16(12-21(15)40-22)24(36)31-17-9-10-20(19(27)13-17)41-26(28,29)30/h7-14,18H,2-6H2,1H3,(H,31,36). The maximum atomic E-state index is 12.8. The lowest BCUT2D eigenvalue weighted by Crippen LogP contribution is -2.24. The molecular formula is C26H23BrF3N5O6. The number of carbonyl (C=O) groups is 2. The van der Waals surface area contributed by atoms with Gasteiger partial charge in [-0.1, -0.05) is 12.5 Å². The van der Waals surface area contributed by atoms with Crippen LogP contribution in [0.25, 0.3) is 22.6 Å². The van der Waals surface area contributed by atoms with Crippen LogP contribution in [-0.4, -0.2) is 44.7 Å². The highest BCUT2D eigenvalue weighted by Gasteiger charge is 2.32. The van der Waals surface area contributed by atoms with Gasteiger partial charge in [-0.05, 0) is 95.4 Å². The Balaban J connectivity index is 1.27. The third-order valence-electron chi connectivity index (χ3n) is 6.34. The van der Waals surface area contributed by atoms with Gasteiger partial charge < -0.3 is 23.9 Å². The molecule has 1 aliphatic rings. The summed E-state index contributed by atoms with van der Waals surface area (Å²) in [6.45, 7) is 1.59. The maximum Gasteiger partial charge on any atom is 0.573 e. The second kappa shape index (κ2) is 11.8. The minimum Gasteiger partial charge on any atom is -0.453 e. The first-order valence-electron chi connectivity index (χ1n) is 12.6. The van der Waals surface area contributed by atoms with Gasteiger partial charge in [0.1, 0.15) is 17.4 Å². The smallest absolute Gasteiger partial charge is 0.453 e. The number of hydrogen-bond acceptors (Lipinski definition) is 9. The molecule has 41 heavy (non-hydrogen) atoms. The Kier molecular flexibility index (Phi) is 8.15. The zero-order valence-corrected chi connectivity index (χ0v) is 23.1. The fourth-order valence-corrected chi connectivity index (χ4v) is 4.87. The van der Waals surface area contributed by atoms with Gasteiger partial charge in [-0.3, -0.25) is 4.79 Å². The molecule has 1 fully saturated rings. The number of aromatic nitrogens is 4. The van der Waals surface area contributed by atoms with Crippen molar-refractivity contribution in [2.45, 2.75) is 57.7 Å². The number of anilines is 1. The molecule has 1 unspecified atom stereocenters. The molecule has 5 rings (SSSR count). The summed E-state index contributed by atoms with van der Waals surface area (Å²) >= 11 is 3.01. The first-order chi connectivity index (χ1) is 19.6. The fourth-order valence-electron chi connectivity index (χ4n) is 4.41. The first-order valence-corrected chi connectivity index (χ1v) is 13.4. The van der Waals surface area contributed by atoms with E-state index in [4.69, 9.17) is 13.9 Å². The number of rotatable bonds is 7. The third kappa shape index (κ3) is 6.96. The van der Waals surface area contributed by atoms with Crippen LogP contribution in [0.3, 0.4) is 0 Å². The Hall–Kier alpha value is -4.14. The molecule has 216 valence electrons. The van der Waals surface area contributed by atoms with E-state index < -0.39 is 30.4 Å². The second-order valence-corrected chi connectivity index (χ2v) is 10.2. The van der Waals surface area contributed by atoms with Gasteiger partial charge >= 0.3 is 12.5 Å². The molecule has 0 radical (unpaired) electrons. The summed E-state index contributed by atoms with van der Waals surface area (Å²) < 4.78 is 59.4. The molecule has 1 N–H and O–H groups in total. The van der Waals surface area contributed by atoms with E-state index >= 15 is 0 Å². The summed E-state index contributed by atoms with van der Waals surface area (Å²) in [4.78, 5) is 25.1. The highest BCUT2D eigenvalue weighted by Crippen LogP contribution is 2.33. The fraction of sp³-hybridized carbons (Fsp3) is 0.346. The van der Waals surface area contributed by atoms with Crippen LogP contribution in [-0.2, 0) is 9.47 Å². The average Bonchev–Trinajstić information content (AvgIpc) is 3.57. The Morgan fingerprint density at radius 2 is 1.90 bits per heavy atom. The summed E-state index contributed by atoms with van der Waals surface area (Å²) in [5.41, 5.74) is 0.821. The van der Waals surface area contributed by atoms with Crippen molar-refractivity contribution in [2.75, 3.05) is 5.32 Å². The molecule has 11 nitrogen and oxygen atoms in total. The van der Waals surface area contributed by atoms with Gasteiger partial charge in [-0.15, -0.1) is 18.3 Å². The molecule has 0 bridgehead atoms. The number of furan rings is 1. The number of fused-ring (bicyclic) bond motifs is 1. The molecule has 2 heterocycles. The maximum absolute atomic E-state index is 12.8. The van der Waals surface area contributed by atoms with Crippen LogP contribution < -0.4 is 10.1 Å². The van der Waals surface area contributed by atoms with Crippen molar-refractivity contribution < 1.29 is 41.4 Å². The topological polar surface area (TPSA) is 131 Å². The normalized spacial score (nSPS) is 15.0. The number of tetrazole rings is 1. The van der Waals surface area contributed by atoms with E-state index in [0.29, 0.717) is 11.0 Å². The number of benzene rings is 2. The number of carbonyl (C=O) groups excluding carboxylic acids is 2. The quantitative estimate of drug-likeness (QED) is 0.213. The number of halogens is 4. The number of amides is 1. The van der Waals surface area contributed by atoms with Gasteiger partial charge in [0.2, 0.25) is 5.82 Å². The highest BCUT2D eigenvalue weighted by molar-refractivity contribution is 9.10. The molecule has 1 amide bonds. The largest absolute Gasteiger partial charge is 0.573 e. The van der Waals surface area contributed by atoms with E-state index in [9.17, 15) is 22.8 Å². The molecule has 1 saturated carbocycles. The predicted molar refractivity (Wildman–Crippen MR) is 141 cm³/mol. The van der Waals surface area contributed by atoms with Gasteiger partial charge in [0.25, 0.3) is 5.91 Å². The lowest BCUT2D eigenvalue weighted by molar-refractivity contribution is -0.274. The van der Waals surface area contributed by atoms with E-state index in [-0.39, 0.29) is 33.4 Å². The van der Waals surface area contributed by atoms with Crippen LogP contribution in [0.15, 0.2) is 51.4 Å². The van der Waals surface area contributed by atoms with Crippen molar-refractivity contribution in [2.24, 2.45) is 0 Å². The summed E-state index contributed by atoms with van der Waals surface area (Å²) in [6.07, 6.45) is -1.96. The van der Waals surface area contributed by atoms with E-state index in [1.54, 1.807) is 25.1 Å². The van der Waals surface area contributed by atoms with E-state index in [2.05, 4.69) is 41.5 Å². The van der Waals surface area contributed by atoms with Crippen molar-refractivity contribution in [3.8, 4) is 17.3 Å². The molecule has 1 aliphatic carbocycles. The average molecular weight is 638 g/mol. The molecule has 0 saturated heterocycles. The highest BCUT2D eigenvalue weighted by atomic mass is 79.9. The Bertz CT molecular complexity index is 1570. The van der Waals surface area contributed by atoms with E-state index in [1.807, 2.05) is 0 Å². The van der Waals surface area contributed by atoms with Crippen molar-refractivity contribution in [3.63, 3.8) is 0 Å². The minimum atomic E-state index is -4.85. The summed E-state index contributed by atoms with van der Waals surface area (Å²) in [5.74, 6) is -0.508. The van der Waals surface area contributed by atoms with Crippen molar-refractivity contribution in [1.29, 1.82) is 0 Å². The number of ether oxygens (including phenoxy) is 3. The van der Waals surface area contributed by atoms with Crippen LogP contribution in [0.4, 0.5) is 23.7 Å². The van der Waals surface area contributed by atoms with Gasteiger partial charge in [0.05, 0.1) is 4.47 Å². The summed E-state index contributed by atoms with van der Waals surface area (Å²) in [6, 6.07) is 10.0. The Morgan fingerprint density at radius 3 is 2.63 bits per heavy atom. The van der Waals surface area contributed by atoms with Crippen LogP contribution in [0.1, 0.15) is 55.6 Å². The molecule has 0 spiro atoms. The minimum absolute atomic E-state index is 0.0110. The van der Waals surface area contributed by atoms with Gasteiger partial charge in [-0.25, -0.2) is 4.79 Å². The molecule has 0 aliphatic heterocycles. The Morgan fingerprint density at radius 1 is 1.12 bits per heavy atom. The van der Waals surface area contributed by atoms with Gasteiger partial charge in [-0.2, -0.15) is 4.68 Å². The van der Waals surface area contributed by atoms with Crippen LogP contribution >= 0.6 is 15.9 Å². The summed E-state index contributed by atoms with van der Waals surface area (Å²) in [5, 5.41) is 14.8. The lowest BCUT2D eigenvalue weighted by Gasteiger charge is -2.22. The summed E-state index contributed by atoms with van der Waals surface area (Å²) in [7, 11) is 0. The molecular weight excluding hydrogens is 615 g/mol. The lowest BCUT2D eigenvalue weighted by atomic mass is 9.98. The van der Waals surface area contributed by atoms with Gasteiger partial charge in [0, 0.05) is 16.6 Å². The number of alkyl halides is 3. The number of hydrogen-bond donors (Lipinski definition) is 1. The van der Waals surface area contributed by atoms with Crippen LogP contribution in [0, 0.1) is 0 Å². The molecule has 1 atom stereocenters. The molecule has 4 aromatic rings. The zero-order valence-electron chi connectivity index (χ0n) is 21.5. The van der Waals surface area contributed by atoms with Gasteiger partial charge in [0.15, 0.2) is 12.0 Å². The number of nitrogens with zero attached hydrogens (tertiary/aromatic N) is 4. The van der Waals surface area contributed by atoms with Crippen molar-refractivity contribution >= 4 is 44.6 Å². The monoisotopic (exact) mass is 637 g/mol. The zero-order chi connectivity index (χ0) is 29.1. The SMILES string of the molecule is CC(OC(=O)OC1CCCCC1)n1nnnc1-c1cc2ccc(C(=O)Nc3ccc(OC(F)(F)F)c(Br)c3)cc2o1. The Labute approximate surface area is 239 Å². The van der Waals surface area contributed by atoms with E-state index in [0.717, 1.165) is 38.2 Å². The third-order valence-corrected chi connectivity index (χ3v) is 6.96. The van der Waals surface area contributed by atoms with Crippen LogP contribution in [0.2, 0.25) is 0 Å². The van der Waals surface area contributed by atoms with Crippen molar-refractivity contribution in [3.05, 3.63) is 52.5 Å².